The summed E-state index contributed by atoms with van der Waals surface area (Å²) in [5.41, 5.74) is 8.42. The Hall–Kier alpha value is -3.84. The van der Waals surface area contributed by atoms with Gasteiger partial charge in [-0.05, 0) is 110 Å². The van der Waals surface area contributed by atoms with Gasteiger partial charge < -0.3 is 28.4 Å². The van der Waals surface area contributed by atoms with Gasteiger partial charge in [-0.25, -0.2) is 0 Å². The molecule has 0 aliphatic heterocycles. The monoisotopic (exact) mass is 602 g/mol. The second kappa shape index (κ2) is 12.4. The van der Waals surface area contributed by atoms with Crippen molar-refractivity contribution in [2.75, 3.05) is 42.7 Å². The minimum atomic E-state index is -3.37. The van der Waals surface area contributed by atoms with Crippen LogP contribution < -0.4 is 44.0 Å². The Morgan fingerprint density at radius 3 is 0.930 bits per heavy atom. The van der Waals surface area contributed by atoms with Crippen LogP contribution in [-0.4, -0.2) is 50.7 Å². The highest BCUT2D eigenvalue weighted by Crippen LogP contribution is 2.50. The van der Waals surface area contributed by atoms with Crippen LogP contribution in [0.25, 0.3) is 0 Å². The molecule has 0 heterocycles. The normalized spacial score (nSPS) is 13.9. The fourth-order valence-electron chi connectivity index (χ4n) is 7.09. The molecule has 230 valence electrons. The minimum absolute atomic E-state index is 0.00582. The molecule has 7 heteroatoms. The number of ether oxygens (including phenoxy) is 6. The van der Waals surface area contributed by atoms with E-state index in [9.17, 15) is 0 Å². The van der Waals surface area contributed by atoms with Gasteiger partial charge in [-0.15, -0.1) is 0 Å². The fourth-order valence-corrected chi connectivity index (χ4v) is 13.7. The van der Waals surface area contributed by atoms with Gasteiger partial charge in [0.05, 0.1) is 42.7 Å². The minimum Gasteiger partial charge on any atom is -0.493 e. The van der Waals surface area contributed by atoms with E-state index in [1.807, 2.05) is 18.2 Å². The topological polar surface area (TPSA) is 55.4 Å². The Morgan fingerprint density at radius 2 is 0.698 bits per heavy atom. The lowest BCUT2D eigenvalue weighted by Gasteiger charge is -2.43. The Bertz CT molecular complexity index is 1440. The number of methoxy groups -OCH3 is 6. The third kappa shape index (κ3) is 4.97. The average Bonchev–Trinajstić information content (AvgIpc) is 3.19. The first-order valence-electron chi connectivity index (χ1n) is 14.5. The van der Waals surface area contributed by atoms with Crippen LogP contribution in [0.5, 0.6) is 34.5 Å². The van der Waals surface area contributed by atoms with E-state index >= 15 is 0 Å². The van der Waals surface area contributed by atoms with Crippen molar-refractivity contribution in [3.05, 3.63) is 75.4 Å². The quantitative estimate of drug-likeness (QED) is 0.204. The van der Waals surface area contributed by atoms with Crippen LogP contribution in [0.1, 0.15) is 44.4 Å². The SMILES string of the molecule is COc1cc(C)cc([Si](c2cc(C)cc(OC)c2OC)(c2cc(C)cc(OC)c2OC)C2C(C)=C(C)C(C)=C2C)c1OC. The van der Waals surface area contributed by atoms with Gasteiger partial charge in [0, 0.05) is 5.54 Å². The summed E-state index contributed by atoms with van der Waals surface area (Å²) in [6.45, 7) is 15.3. The highest BCUT2D eigenvalue weighted by molar-refractivity contribution is 7.14. The molecule has 0 fully saturated rings. The first-order valence-corrected chi connectivity index (χ1v) is 16.6. The first-order chi connectivity index (χ1) is 20.5. The highest BCUT2D eigenvalue weighted by Gasteiger charge is 2.56. The maximum atomic E-state index is 6.31. The van der Waals surface area contributed by atoms with Crippen molar-refractivity contribution in [1.29, 1.82) is 0 Å². The Labute approximate surface area is 258 Å². The lowest BCUT2D eigenvalue weighted by molar-refractivity contribution is 0.355. The molecule has 4 rings (SSSR count). The molecular weight excluding hydrogens is 556 g/mol. The molecule has 0 N–H and O–H groups in total. The number of rotatable bonds is 10. The molecule has 43 heavy (non-hydrogen) atoms. The van der Waals surface area contributed by atoms with Crippen LogP contribution in [-0.2, 0) is 0 Å². The molecular formula is C36H46O6Si. The third-order valence-electron chi connectivity index (χ3n) is 9.19. The summed E-state index contributed by atoms with van der Waals surface area (Å²) in [7, 11) is 6.86. The number of aryl methyl sites for hydroxylation is 3. The summed E-state index contributed by atoms with van der Waals surface area (Å²) < 4.78 is 36.9. The van der Waals surface area contributed by atoms with Crippen molar-refractivity contribution in [1.82, 2.24) is 0 Å². The molecule has 0 atom stereocenters. The van der Waals surface area contributed by atoms with Gasteiger partial charge in [0.2, 0.25) is 0 Å². The lowest BCUT2D eigenvalue weighted by atomic mass is 10.1. The molecule has 0 saturated heterocycles. The van der Waals surface area contributed by atoms with Crippen LogP contribution in [0.3, 0.4) is 0 Å². The zero-order valence-corrected chi connectivity index (χ0v) is 29.0. The van der Waals surface area contributed by atoms with E-state index in [4.69, 9.17) is 28.4 Å². The lowest BCUT2D eigenvalue weighted by Crippen LogP contribution is -2.71. The summed E-state index contributed by atoms with van der Waals surface area (Å²) in [4.78, 5) is 0. The number of hydrogen-bond donors (Lipinski definition) is 0. The molecule has 1 aliphatic rings. The van der Waals surface area contributed by atoms with Crippen LogP contribution in [0.15, 0.2) is 58.7 Å². The second-order valence-electron chi connectivity index (χ2n) is 11.5. The maximum absolute atomic E-state index is 6.31. The van der Waals surface area contributed by atoms with E-state index in [0.29, 0.717) is 34.5 Å². The molecule has 0 amide bonds. The van der Waals surface area contributed by atoms with Crippen LogP contribution in [0.4, 0.5) is 0 Å². The molecule has 0 radical (unpaired) electrons. The summed E-state index contributed by atoms with van der Waals surface area (Å²) in [5.74, 6) is 4.15. The van der Waals surface area contributed by atoms with Crippen molar-refractivity contribution in [2.24, 2.45) is 0 Å². The zero-order chi connectivity index (χ0) is 31.8. The Kier molecular flexibility index (Phi) is 9.26. The predicted molar refractivity (Wildman–Crippen MR) is 178 cm³/mol. The largest absolute Gasteiger partial charge is 0.493 e. The number of benzene rings is 3. The van der Waals surface area contributed by atoms with Gasteiger partial charge in [-0.2, -0.15) is 0 Å². The van der Waals surface area contributed by atoms with E-state index < -0.39 is 8.07 Å². The van der Waals surface area contributed by atoms with Gasteiger partial charge in [0.25, 0.3) is 0 Å². The van der Waals surface area contributed by atoms with Gasteiger partial charge in [-0.1, -0.05) is 29.3 Å². The van der Waals surface area contributed by atoms with Gasteiger partial charge >= 0.3 is 0 Å². The van der Waals surface area contributed by atoms with Crippen LogP contribution in [0, 0.1) is 20.8 Å². The molecule has 0 saturated carbocycles. The number of allylic oxidation sites excluding steroid dienone is 4. The second-order valence-corrected chi connectivity index (χ2v) is 15.3. The van der Waals surface area contributed by atoms with E-state index in [0.717, 1.165) is 32.3 Å². The van der Waals surface area contributed by atoms with Gasteiger partial charge in [0.1, 0.15) is 0 Å². The predicted octanol–water partition coefficient (Wildman–Crippen LogP) is 6.19. The van der Waals surface area contributed by atoms with Crippen molar-refractivity contribution in [3.63, 3.8) is 0 Å². The van der Waals surface area contributed by atoms with Gasteiger partial charge in [0.15, 0.2) is 42.6 Å². The maximum Gasteiger partial charge on any atom is 0.173 e. The van der Waals surface area contributed by atoms with E-state index in [-0.39, 0.29) is 5.54 Å². The molecule has 3 aromatic carbocycles. The third-order valence-corrected chi connectivity index (χ3v) is 14.6. The standard InChI is InChI=1S/C36H46O6Si/c1-20-14-27(37-8)33(40-11)30(17-20)43(36-25(6)23(4)24(5)26(36)7,31-18-21(2)15-28(38-9)34(31)41-12)32-19-22(3)16-29(39-10)35(32)42-13/h14-19,36H,1-13H3. The Balaban J connectivity index is 2.49. The molecule has 0 spiro atoms. The number of hydrogen-bond acceptors (Lipinski definition) is 6. The van der Waals surface area contributed by atoms with Crippen LogP contribution in [0.2, 0.25) is 5.54 Å². The van der Waals surface area contributed by atoms with Gasteiger partial charge in [-0.3, -0.25) is 0 Å². The molecule has 0 unspecified atom stereocenters. The summed E-state index contributed by atoms with van der Waals surface area (Å²) in [6.07, 6.45) is 0. The molecule has 0 bridgehead atoms. The Morgan fingerprint density at radius 1 is 0.419 bits per heavy atom. The van der Waals surface area contributed by atoms with Crippen molar-refractivity contribution in [3.8, 4) is 34.5 Å². The molecule has 6 nitrogen and oxygen atoms in total. The average molecular weight is 603 g/mol. The summed E-state index contributed by atoms with van der Waals surface area (Å²) >= 11 is 0. The summed E-state index contributed by atoms with van der Waals surface area (Å²) in [5, 5.41) is 3.19. The van der Waals surface area contributed by atoms with E-state index in [1.165, 1.54) is 22.3 Å². The fraction of sp³-hybridized carbons (Fsp3) is 0.389. The smallest absolute Gasteiger partial charge is 0.173 e. The first kappa shape index (κ1) is 32.1. The van der Waals surface area contributed by atoms with Crippen molar-refractivity contribution in [2.45, 2.75) is 54.0 Å². The van der Waals surface area contributed by atoms with E-state index in [1.54, 1.807) is 42.7 Å². The highest BCUT2D eigenvalue weighted by atomic mass is 28.3. The zero-order valence-electron chi connectivity index (χ0n) is 28.0. The van der Waals surface area contributed by atoms with Crippen molar-refractivity contribution < 1.29 is 28.4 Å². The van der Waals surface area contributed by atoms with E-state index in [2.05, 4.69) is 66.7 Å². The van der Waals surface area contributed by atoms with Crippen LogP contribution >= 0.6 is 0 Å². The molecule has 0 aromatic heterocycles. The molecule has 3 aromatic rings. The van der Waals surface area contributed by atoms with Crippen molar-refractivity contribution >= 4 is 23.6 Å². The molecule has 1 aliphatic carbocycles. The summed E-state index contributed by atoms with van der Waals surface area (Å²) in [6, 6.07) is 12.9.